The molecule has 5 nitrogen and oxygen atoms in total. The van der Waals surface area contributed by atoms with E-state index >= 15 is 0 Å². The molecule has 1 aliphatic heterocycles. The Hall–Kier alpha value is -2.56. The highest BCUT2D eigenvalue weighted by Gasteiger charge is 2.29. The molecule has 1 aromatic heterocycles. The molecule has 0 spiro atoms. The van der Waals surface area contributed by atoms with Gasteiger partial charge in [-0.25, -0.2) is 0 Å². The summed E-state index contributed by atoms with van der Waals surface area (Å²) in [5, 5.41) is 2.71. The van der Waals surface area contributed by atoms with Crippen molar-refractivity contribution in [2.24, 2.45) is 0 Å². The van der Waals surface area contributed by atoms with Crippen LogP contribution >= 0.6 is 0 Å². The van der Waals surface area contributed by atoms with E-state index in [1.165, 1.54) is 11.8 Å². The van der Waals surface area contributed by atoms with Gasteiger partial charge < -0.3 is 14.6 Å². The Balaban J connectivity index is 1.52. The van der Waals surface area contributed by atoms with Gasteiger partial charge in [0.15, 0.2) is 5.76 Å². The molecular weight excluding hydrogens is 292 g/mol. The summed E-state index contributed by atoms with van der Waals surface area (Å²) in [5.41, 5.74) is 1.18. The van der Waals surface area contributed by atoms with Crippen LogP contribution in [-0.4, -0.2) is 29.8 Å². The zero-order chi connectivity index (χ0) is 16.1. The fourth-order valence-electron chi connectivity index (χ4n) is 3.01. The molecule has 1 N–H and O–H groups in total. The molecule has 2 aromatic rings. The Morgan fingerprint density at radius 3 is 2.74 bits per heavy atom. The summed E-state index contributed by atoms with van der Waals surface area (Å²) in [7, 11) is 0. The van der Waals surface area contributed by atoms with Crippen LogP contribution in [0.5, 0.6) is 0 Å². The van der Waals surface area contributed by atoms with Gasteiger partial charge >= 0.3 is 0 Å². The number of hydrogen-bond donors (Lipinski definition) is 1. The van der Waals surface area contributed by atoms with Crippen molar-refractivity contribution in [3.05, 3.63) is 60.1 Å². The lowest BCUT2D eigenvalue weighted by Gasteiger charge is -2.25. The van der Waals surface area contributed by atoms with Gasteiger partial charge in [-0.15, -0.1) is 0 Å². The van der Waals surface area contributed by atoms with Crippen molar-refractivity contribution in [1.29, 1.82) is 0 Å². The Morgan fingerprint density at radius 2 is 2.00 bits per heavy atom. The Labute approximate surface area is 135 Å². The molecule has 5 heteroatoms. The Bertz CT molecular complexity index is 652. The van der Waals surface area contributed by atoms with Gasteiger partial charge in [-0.2, -0.15) is 0 Å². The van der Waals surface area contributed by atoms with Crippen molar-refractivity contribution in [3.63, 3.8) is 0 Å². The predicted octanol–water partition coefficient (Wildman–Crippen LogP) is 2.76. The molecule has 23 heavy (non-hydrogen) atoms. The maximum atomic E-state index is 12.4. The van der Waals surface area contributed by atoms with Crippen LogP contribution in [0.25, 0.3) is 0 Å². The number of likely N-dealkylation sites (tertiary alicyclic amines) is 1. The van der Waals surface area contributed by atoms with Gasteiger partial charge in [0.25, 0.3) is 5.91 Å². The SMILES string of the molecule is O=C(NCCC(=O)N1CCC[C@@H]1c1ccccc1)c1ccco1. The summed E-state index contributed by atoms with van der Waals surface area (Å²) in [5.74, 6) is 0.0562. The van der Waals surface area contributed by atoms with Crippen molar-refractivity contribution in [1.82, 2.24) is 10.2 Å². The molecule has 1 aromatic carbocycles. The molecule has 1 fully saturated rings. The minimum atomic E-state index is -0.288. The molecule has 3 rings (SSSR count). The van der Waals surface area contributed by atoms with E-state index in [1.807, 2.05) is 23.1 Å². The van der Waals surface area contributed by atoms with Crippen LogP contribution in [0.1, 0.15) is 41.4 Å². The zero-order valence-corrected chi connectivity index (χ0v) is 12.9. The third kappa shape index (κ3) is 3.62. The van der Waals surface area contributed by atoms with Crippen LogP contribution in [0, 0.1) is 0 Å². The summed E-state index contributed by atoms with van der Waals surface area (Å²) in [6.07, 6.45) is 3.77. The molecule has 0 saturated carbocycles. The van der Waals surface area contributed by atoms with Gasteiger partial charge in [-0.3, -0.25) is 9.59 Å². The molecule has 0 radical (unpaired) electrons. The molecular formula is C18H20N2O3. The van der Waals surface area contributed by atoms with E-state index in [1.54, 1.807) is 12.1 Å². The molecule has 120 valence electrons. The predicted molar refractivity (Wildman–Crippen MR) is 85.8 cm³/mol. The normalized spacial score (nSPS) is 17.2. The average molecular weight is 312 g/mol. The minimum absolute atomic E-state index is 0.0797. The van der Waals surface area contributed by atoms with Crippen LogP contribution in [0.4, 0.5) is 0 Å². The van der Waals surface area contributed by atoms with Crippen LogP contribution in [-0.2, 0) is 4.79 Å². The maximum Gasteiger partial charge on any atom is 0.286 e. The van der Waals surface area contributed by atoms with E-state index in [0.717, 1.165) is 19.4 Å². The van der Waals surface area contributed by atoms with Gasteiger partial charge in [-0.05, 0) is 30.5 Å². The number of hydrogen-bond acceptors (Lipinski definition) is 3. The van der Waals surface area contributed by atoms with E-state index < -0.39 is 0 Å². The lowest BCUT2D eigenvalue weighted by Crippen LogP contribution is -2.34. The van der Waals surface area contributed by atoms with E-state index in [0.29, 0.717) is 13.0 Å². The second-order valence-corrected chi connectivity index (χ2v) is 5.64. The first kappa shape index (κ1) is 15.3. The van der Waals surface area contributed by atoms with Crippen LogP contribution in [0.15, 0.2) is 53.1 Å². The van der Waals surface area contributed by atoms with Crippen molar-refractivity contribution in [2.75, 3.05) is 13.1 Å². The van der Waals surface area contributed by atoms with Crippen LogP contribution in [0.2, 0.25) is 0 Å². The largest absolute Gasteiger partial charge is 0.459 e. The smallest absolute Gasteiger partial charge is 0.286 e. The Kier molecular flexibility index (Phi) is 4.76. The van der Waals surface area contributed by atoms with E-state index in [2.05, 4.69) is 17.4 Å². The number of carbonyl (C=O) groups is 2. The van der Waals surface area contributed by atoms with Crippen molar-refractivity contribution < 1.29 is 14.0 Å². The fourth-order valence-corrected chi connectivity index (χ4v) is 3.01. The molecule has 0 aliphatic carbocycles. The highest BCUT2D eigenvalue weighted by Crippen LogP contribution is 2.32. The molecule has 2 amide bonds. The first-order chi connectivity index (χ1) is 11.3. The van der Waals surface area contributed by atoms with Gasteiger partial charge in [0, 0.05) is 19.5 Å². The first-order valence-electron chi connectivity index (χ1n) is 7.92. The highest BCUT2D eigenvalue weighted by molar-refractivity contribution is 5.91. The summed E-state index contributed by atoms with van der Waals surface area (Å²) in [6, 6.07) is 13.5. The van der Waals surface area contributed by atoms with Crippen molar-refractivity contribution in [3.8, 4) is 0 Å². The topological polar surface area (TPSA) is 62.6 Å². The zero-order valence-electron chi connectivity index (χ0n) is 12.9. The lowest BCUT2D eigenvalue weighted by molar-refractivity contribution is -0.132. The number of furan rings is 1. The summed E-state index contributed by atoms with van der Waals surface area (Å²) >= 11 is 0. The monoisotopic (exact) mass is 312 g/mol. The second-order valence-electron chi connectivity index (χ2n) is 5.64. The molecule has 1 atom stereocenters. The quantitative estimate of drug-likeness (QED) is 0.923. The van der Waals surface area contributed by atoms with Gasteiger partial charge in [-0.1, -0.05) is 30.3 Å². The first-order valence-corrected chi connectivity index (χ1v) is 7.92. The average Bonchev–Trinajstić information content (AvgIpc) is 3.27. The van der Waals surface area contributed by atoms with E-state index in [-0.39, 0.29) is 23.6 Å². The molecule has 0 unspecified atom stereocenters. The maximum absolute atomic E-state index is 12.4. The number of rotatable bonds is 5. The van der Waals surface area contributed by atoms with Gasteiger partial charge in [0.1, 0.15) is 0 Å². The summed E-state index contributed by atoms with van der Waals surface area (Å²) < 4.78 is 5.02. The van der Waals surface area contributed by atoms with Gasteiger partial charge in [0.2, 0.25) is 5.91 Å². The summed E-state index contributed by atoms with van der Waals surface area (Å²) in [4.78, 5) is 26.1. The number of benzene rings is 1. The molecule has 2 heterocycles. The van der Waals surface area contributed by atoms with Crippen molar-refractivity contribution >= 4 is 11.8 Å². The molecule has 0 bridgehead atoms. The standard InChI is InChI=1S/C18H20N2O3/c21-17(10-11-19-18(22)16-9-5-13-23-16)20-12-4-8-15(20)14-6-2-1-3-7-14/h1-3,5-7,9,13,15H,4,8,10-12H2,(H,19,22)/t15-/m1/s1. The Morgan fingerprint density at radius 1 is 1.17 bits per heavy atom. The van der Waals surface area contributed by atoms with E-state index in [9.17, 15) is 9.59 Å². The van der Waals surface area contributed by atoms with Crippen LogP contribution in [0.3, 0.4) is 0 Å². The summed E-state index contributed by atoms with van der Waals surface area (Å²) in [6.45, 7) is 1.10. The number of nitrogens with one attached hydrogen (secondary N) is 1. The minimum Gasteiger partial charge on any atom is -0.459 e. The fraction of sp³-hybridized carbons (Fsp3) is 0.333. The van der Waals surface area contributed by atoms with Crippen molar-refractivity contribution in [2.45, 2.75) is 25.3 Å². The number of amides is 2. The molecule has 1 saturated heterocycles. The van der Waals surface area contributed by atoms with Gasteiger partial charge in [0.05, 0.1) is 12.3 Å². The third-order valence-corrected chi connectivity index (χ3v) is 4.13. The van der Waals surface area contributed by atoms with Crippen LogP contribution < -0.4 is 5.32 Å². The third-order valence-electron chi connectivity index (χ3n) is 4.13. The number of nitrogens with zero attached hydrogens (tertiary/aromatic N) is 1. The highest BCUT2D eigenvalue weighted by atomic mass is 16.3. The second kappa shape index (κ2) is 7.13. The number of carbonyl (C=O) groups excluding carboxylic acids is 2. The van der Waals surface area contributed by atoms with E-state index in [4.69, 9.17) is 4.42 Å². The molecule has 1 aliphatic rings. The lowest BCUT2D eigenvalue weighted by atomic mass is 10.0.